The van der Waals surface area contributed by atoms with Crippen molar-refractivity contribution in [2.75, 3.05) is 39.5 Å². The first-order valence-corrected chi connectivity index (χ1v) is 12.3. The number of fused-ring (bicyclic) bond motifs is 2. The van der Waals surface area contributed by atoms with Crippen LogP contribution in [-0.4, -0.2) is 63.6 Å². The van der Waals surface area contributed by atoms with Crippen LogP contribution in [0.2, 0.25) is 0 Å². The lowest BCUT2D eigenvalue weighted by molar-refractivity contribution is -0.138. The highest BCUT2D eigenvalue weighted by molar-refractivity contribution is 5.81. The van der Waals surface area contributed by atoms with E-state index in [1.54, 1.807) is 0 Å². The summed E-state index contributed by atoms with van der Waals surface area (Å²) in [6.07, 6.45) is 7.06. The molecule has 2 amide bonds. The van der Waals surface area contributed by atoms with Crippen molar-refractivity contribution < 1.29 is 38.1 Å². The quantitative estimate of drug-likeness (QED) is 0.145. The van der Waals surface area contributed by atoms with E-state index in [1.807, 2.05) is 0 Å². The molecule has 2 aliphatic rings. The summed E-state index contributed by atoms with van der Waals surface area (Å²) in [5, 5.41) is 5.72. The van der Waals surface area contributed by atoms with Gasteiger partial charge in [-0.25, -0.2) is 19.2 Å². The van der Waals surface area contributed by atoms with Crippen LogP contribution in [0.1, 0.15) is 44.9 Å². The second-order valence-corrected chi connectivity index (χ2v) is 8.94. The first-order chi connectivity index (χ1) is 16.9. The molecule has 2 saturated carbocycles. The van der Waals surface area contributed by atoms with Crippen molar-refractivity contribution in [1.29, 1.82) is 0 Å². The maximum atomic E-state index is 11.9. The molecule has 0 saturated heterocycles. The van der Waals surface area contributed by atoms with Crippen LogP contribution in [0.25, 0.3) is 0 Å². The van der Waals surface area contributed by atoms with Crippen molar-refractivity contribution in [3.05, 3.63) is 25.3 Å². The number of ether oxygens (including phenoxy) is 4. The van der Waals surface area contributed by atoms with Gasteiger partial charge in [0.25, 0.3) is 0 Å². The number of esters is 2. The second kappa shape index (κ2) is 15.8. The summed E-state index contributed by atoms with van der Waals surface area (Å²) in [7, 11) is 0. The van der Waals surface area contributed by atoms with Crippen molar-refractivity contribution in [2.45, 2.75) is 44.9 Å². The number of carbonyl (C=O) groups is 4. The summed E-state index contributed by atoms with van der Waals surface area (Å²) in [4.78, 5) is 45.7. The number of unbranched alkanes of at least 4 members (excludes halogenated alkanes) is 2. The normalized spacial score (nSPS) is 22.1. The molecule has 4 atom stereocenters. The van der Waals surface area contributed by atoms with Crippen LogP contribution >= 0.6 is 0 Å². The minimum atomic E-state index is -0.454. The summed E-state index contributed by atoms with van der Waals surface area (Å²) in [6.45, 7) is 8.96. The predicted molar refractivity (Wildman–Crippen MR) is 127 cm³/mol. The topological polar surface area (TPSA) is 129 Å². The first-order valence-electron chi connectivity index (χ1n) is 12.3. The fourth-order valence-corrected chi connectivity index (χ4v) is 4.75. The van der Waals surface area contributed by atoms with Gasteiger partial charge < -0.3 is 29.6 Å². The van der Waals surface area contributed by atoms with E-state index in [-0.39, 0.29) is 26.4 Å². The van der Waals surface area contributed by atoms with Gasteiger partial charge in [-0.3, -0.25) is 0 Å². The lowest BCUT2D eigenvalue weighted by Gasteiger charge is -2.28. The Bertz CT molecular complexity index is 681. The number of carbonyl (C=O) groups excluding carboxylic acids is 4. The van der Waals surface area contributed by atoms with Gasteiger partial charge in [0.05, 0.1) is 26.4 Å². The molecule has 0 heterocycles. The van der Waals surface area contributed by atoms with Gasteiger partial charge in [-0.2, -0.15) is 0 Å². The summed E-state index contributed by atoms with van der Waals surface area (Å²) >= 11 is 0. The van der Waals surface area contributed by atoms with Crippen LogP contribution in [0.4, 0.5) is 9.59 Å². The monoisotopic (exact) mass is 494 g/mol. The molecule has 0 aromatic carbocycles. The van der Waals surface area contributed by atoms with E-state index in [0.717, 1.165) is 31.4 Å². The van der Waals surface area contributed by atoms with Gasteiger partial charge in [0.15, 0.2) is 0 Å². The molecule has 0 radical (unpaired) electrons. The molecular formula is C25H38N2O8. The standard InChI is InChI=1S/C25H38N2O8/c1-3-22(28)32-9-5-7-11-34-24(30)26-16-20-14-19-13-18(20)15-21(19)17-27-25(31)35-12-8-6-10-33-23(29)4-2/h3-4,18-21H,1-2,5-17H2,(H,26,30)(H,27,31). The van der Waals surface area contributed by atoms with Gasteiger partial charge >= 0.3 is 24.1 Å². The van der Waals surface area contributed by atoms with Gasteiger partial charge in [0.1, 0.15) is 0 Å². The van der Waals surface area contributed by atoms with Crippen LogP contribution in [0.15, 0.2) is 25.3 Å². The van der Waals surface area contributed by atoms with E-state index in [2.05, 4.69) is 23.8 Å². The highest BCUT2D eigenvalue weighted by atomic mass is 16.6. The fraction of sp³-hybridized carbons (Fsp3) is 0.680. The predicted octanol–water partition coefficient (Wildman–Crippen LogP) is 3.12. The van der Waals surface area contributed by atoms with Crippen LogP contribution in [0.3, 0.4) is 0 Å². The average molecular weight is 495 g/mol. The molecule has 4 unspecified atom stereocenters. The Morgan fingerprint density at radius 1 is 0.629 bits per heavy atom. The molecule has 2 fully saturated rings. The van der Waals surface area contributed by atoms with Crippen molar-refractivity contribution >= 4 is 24.1 Å². The van der Waals surface area contributed by atoms with Gasteiger partial charge in [-0.1, -0.05) is 13.2 Å². The van der Waals surface area contributed by atoms with Gasteiger partial charge in [0.2, 0.25) is 0 Å². The minimum absolute atomic E-state index is 0.279. The average Bonchev–Trinajstić information content (AvgIpc) is 3.45. The van der Waals surface area contributed by atoms with E-state index in [9.17, 15) is 19.2 Å². The maximum absolute atomic E-state index is 11.9. The number of amides is 2. The fourth-order valence-electron chi connectivity index (χ4n) is 4.75. The molecule has 10 heteroatoms. The van der Waals surface area contributed by atoms with Gasteiger partial charge in [-0.15, -0.1) is 0 Å². The first kappa shape index (κ1) is 28.2. The zero-order valence-corrected chi connectivity index (χ0v) is 20.3. The maximum Gasteiger partial charge on any atom is 0.407 e. The van der Waals surface area contributed by atoms with Gasteiger partial charge in [-0.05, 0) is 68.6 Å². The van der Waals surface area contributed by atoms with Crippen LogP contribution in [0, 0.1) is 23.7 Å². The third kappa shape index (κ3) is 10.8. The molecule has 10 nitrogen and oxygen atoms in total. The summed E-state index contributed by atoms with van der Waals surface area (Å²) < 4.78 is 20.1. The molecule has 2 bridgehead atoms. The number of nitrogens with one attached hydrogen (secondary N) is 2. The molecule has 196 valence electrons. The summed E-state index contributed by atoms with van der Waals surface area (Å²) in [6, 6.07) is 0. The van der Waals surface area contributed by atoms with Crippen LogP contribution in [-0.2, 0) is 28.5 Å². The largest absolute Gasteiger partial charge is 0.463 e. The Kier molecular flexibility index (Phi) is 12.7. The highest BCUT2D eigenvalue weighted by Crippen LogP contribution is 2.51. The molecule has 2 rings (SSSR count). The number of alkyl carbamates (subject to hydrolysis) is 2. The summed E-state index contributed by atoms with van der Waals surface area (Å²) in [5.74, 6) is 1.05. The van der Waals surface area contributed by atoms with Crippen molar-refractivity contribution in [1.82, 2.24) is 10.6 Å². The minimum Gasteiger partial charge on any atom is -0.463 e. The molecule has 0 aromatic heterocycles. The molecule has 35 heavy (non-hydrogen) atoms. The molecule has 0 aromatic rings. The third-order valence-corrected chi connectivity index (χ3v) is 6.53. The van der Waals surface area contributed by atoms with E-state index < -0.39 is 24.1 Å². The van der Waals surface area contributed by atoms with Gasteiger partial charge in [0, 0.05) is 25.2 Å². The van der Waals surface area contributed by atoms with Crippen molar-refractivity contribution in [3.63, 3.8) is 0 Å². The lowest BCUT2D eigenvalue weighted by Crippen LogP contribution is -2.36. The number of hydrogen-bond acceptors (Lipinski definition) is 8. The van der Waals surface area contributed by atoms with E-state index >= 15 is 0 Å². The van der Waals surface area contributed by atoms with E-state index in [1.165, 1.54) is 0 Å². The SMILES string of the molecule is C=CC(=O)OCCCCOC(=O)NCC1CC2CC1CC2CNC(=O)OCCCCOC(=O)C=C. The third-order valence-electron chi connectivity index (χ3n) is 6.53. The molecule has 0 spiro atoms. The van der Waals surface area contributed by atoms with E-state index in [4.69, 9.17) is 18.9 Å². The van der Waals surface area contributed by atoms with E-state index in [0.29, 0.717) is 62.4 Å². The number of rotatable bonds is 16. The molecule has 0 aliphatic heterocycles. The molecule has 2 aliphatic carbocycles. The summed E-state index contributed by atoms with van der Waals surface area (Å²) in [5.41, 5.74) is 0. The van der Waals surface area contributed by atoms with Crippen LogP contribution < -0.4 is 10.6 Å². The van der Waals surface area contributed by atoms with Crippen molar-refractivity contribution in [2.24, 2.45) is 23.7 Å². The Morgan fingerprint density at radius 3 is 1.34 bits per heavy atom. The Hall–Kier alpha value is -3.04. The Morgan fingerprint density at radius 2 is 1.00 bits per heavy atom. The van der Waals surface area contributed by atoms with Crippen LogP contribution in [0.5, 0.6) is 0 Å². The molecular weight excluding hydrogens is 456 g/mol. The smallest absolute Gasteiger partial charge is 0.407 e. The Balaban J connectivity index is 1.47. The number of hydrogen-bond donors (Lipinski definition) is 2. The lowest BCUT2D eigenvalue weighted by atomic mass is 9.82. The van der Waals surface area contributed by atoms with Crippen molar-refractivity contribution in [3.8, 4) is 0 Å². The molecule has 2 N–H and O–H groups in total. The zero-order chi connectivity index (χ0) is 25.5. The zero-order valence-electron chi connectivity index (χ0n) is 20.3. The Labute approximate surface area is 206 Å². The second-order valence-electron chi connectivity index (χ2n) is 8.94. The highest BCUT2D eigenvalue weighted by Gasteiger charge is 2.45.